The van der Waals surface area contributed by atoms with Gasteiger partial charge in [0.1, 0.15) is 5.82 Å². The standard InChI is InChI=1S/C25H34N6O2/c1-19(2)27-25(33)28-20-10-13-29(14-11-20)22-8-4-3-7-21(22)24(32)31-17-15-30(16-18-31)23-9-5-6-12-26-23/h3-9,12,19-20H,10-11,13-18H2,1-2H3,(H2,27,28,33). The molecule has 33 heavy (non-hydrogen) atoms. The fourth-order valence-corrected chi connectivity index (χ4v) is 4.53. The largest absolute Gasteiger partial charge is 0.371 e. The summed E-state index contributed by atoms with van der Waals surface area (Å²) >= 11 is 0. The number of urea groups is 1. The first-order valence-electron chi connectivity index (χ1n) is 11.9. The van der Waals surface area contributed by atoms with E-state index < -0.39 is 0 Å². The Morgan fingerprint density at radius 2 is 1.61 bits per heavy atom. The molecule has 0 atom stereocenters. The van der Waals surface area contributed by atoms with E-state index in [2.05, 4.69) is 25.4 Å². The summed E-state index contributed by atoms with van der Waals surface area (Å²) in [7, 11) is 0. The molecule has 176 valence electrons. The molecule has 4 rings (SSSR count). The molecule has 0 saturated carbocycles. The van der Waals surface area contributed by atoms with Gasteiger partial charge in [0.25, 0.3) is 5.91 Å². The first-order valence-corrected chi connectivity index (χ1v) is 11.9. The highest BCUT2D eigenvalue weighted by Gasteiger charge is 2.27. The van der Waals surface area contributed by atoms with Gasteiger partial charge in [0.05, 0.1) is 5.56 Å². The predicted molar refractivity (Wildman–Crippen MR) is 131 cm³/mol. The summed E-state index contributed by atoms with van der Waals surface area (Å²) in [6.45, 7) is 8.44. The smallest absolute Gasteiger partial charge is 0.315 e. The third kappa shape index (κ3) is 5.74. The fraction of sp³-hybridized carbons (Fsp3) is 0.480. The van der Waals surface area contributed by atoms with Gasteiger partial charge in [0.2, 0.25) is 0 Å². The molecular formula is C25H34N6O2. The van der Waals surface area contributed by atoms with E-state index in [0.29, 0.717) is 13.1 Å². The Morgan fingerprint density at radius 3 is 2.27 bits per heavy atom. The van der Waals surface area contributed by atoms with E-state index in [1.165, 1.54) is 0 Å². The number of hydrogen-bond donors (Lipinski definition) is 2. The Hall–Kier alpha value is -3.29. The fourth-order valence-electron chi connectivity index (χ4n) is 4.53. The van der Waals surface area contributed by atoms with E-state index in [4.69, 9.17) is 0 Å². The van der Waals surface area contributed by atoms with Gasteiger partial charge >= 0.3 is 6.03 Å². The van der Waals surface area contributed by atoms with Crippen molar-refractivity contribution in [2.45, 2.75) is 38.8 Å². The van der Waals surface area contributed by atoms with Crippen LogP contribution in [0.2, 0.25) is 0 Å². The number of hydrogen-bond acceptors (Lipinski definition) is 5. The van der Waals surface area contributed by atoms with Gasteiger partial charge in [-0.05, 0) is 51.0 Å². The molecule has 2 N–H and O–H groups in total. The molecule has 2 aliphatic rings. The number of benzene rings is 1. The van der Waals surface area contributed by atoms with Crippen molar-refractivity contribution in [3.63, 3.8) is 0 Å². The SMILES string of the molecule is CC(C)NC(=O)NC1CCN(c2ccccc2C(=O)N2CCN(c3ccccn3)CC2)CC1. The van der Waals surface area contributed by atoms with Crippen molar-refractivity contribution in [1.29, 1.82) is 0 Å². The van der Waals surface area contributed by atoms with Crippen LogP contribution in [-0.2, 0) is 0 Å². The molecule has 2 aromatic rings. The van der Waals surface area contributed by atoms with Crippen LogP contribution in [0.1, 0.15) is 37.0 Å². The number of aromatic nitrogens is 1. The maximum Gasteiger partial charge on any atom is 0.315 e. The van der Waals surface area contributed by atoms with Gasteiger partial charge in [-0.2, -0.15) is 0 Å². The van der Waals surface area contributed by atoms with Gasteiger partial charge in [-0.15, -0.1) is 0 Å². The first-order chi connectivity index (χ1) is 16.0. The topological polar surface area (TPSA) is 80.8 Å². The second-order valence-corrected chi connectivity index (χ2v) is 9.02. The van der Waals surface area contributed by atoms with E-state index >= 15 is 0 Å². The van der Waals surface area contributed by atoms with E-state index in [-0.39, 0.29) is 24.0 Å². The number of amides is 3. The van der Waals surface area contributed by atoms with Crippen LogP contribution in [0.25, 0.3) is 0 Å². The number of anilines is 2. The summed E-state index contributed by atoms with van der Waals surface area (Å²) in [5, 5.41) is 5.95. The maximum atomic E-state index is 13.4. The van der Waals surface area contributed by atoms with Crippen LogP contribution in [0.5, 0.6) is 0 Å². The van der Waals surface area contributed by atoms with Gasteiger partial charge < -0.3 is 25.3 Å². The molecular weight excluding hydrogens is 416 g/mol. The average Bonchev–Trinajstić information content (AvgIpc) is 2.84. The third-order valence-corrected chi connectivity index (χ3v) is 6.27. The summed E-state index contributed by atoms with van der Waals surface area (Å²) < 4.78 is 0. The van der Waals surface area contributed by atoms with Crippen molar-refractivity contribution < 1.29 is 9.59 Å². The van der Waals surface area contributed by atoms with Gasteiger partial charge in [-0.25, -0.2) is 9.78 Å². The lowest BCUT2D eigenvalue weighted by molar-refractivity contribution is 0.0747. The highest BCUT2D eigenvalue weighted by molar-refractivity contribution is 6.00. The zero-order valence-corrected chi connectivity index (χ0v) is 19.5. The number of piperidine rings is 1. The highest BCUT2D eigenvalue weighted by atomic mass is 16.2. The van der Waals surface area contributed by atoms with Crippen molar-refractivity contribution in [2.24, 2.45) is 0 Å². The Kier molecular flexibility index (Phi) is 7.32. The number of rotatable bonds is 5. The van der Waals surface area contributed by atoms with E-state index in [0.717, 1.165) is 56.1 Å². The molecule has 0 unspecified atom stereocenters. The molecule has 1 aromatic heterocycles. The molecule has 1 aromatic carbocycles. The molecule has 3 amide bonds. The van der Waals surface area contributed by atoms with Crippen molar-refractivity contribution in [3.8, 4) is 0 Å². The summed E-state index contributed by atoms with van der Waals surface area (Å²) in [4.78, 5) is 36.3. The Labute approximate surface area is 196 Å². The lowest BCUT2D eigenvalue weighted by atomic mass is 10.0. The summed E-state index contributed by atoms with van der Waals surface area (Å²) in [5.74, 6) is 1.05. The Balaban J connectivity index is 1.35. The Morgan fingerprint density at radius 1 is 0.909 bits per heavy atom. The van der Waals surface area contributed by atoms with Crippen LogP contribution in [0.3, 0.4) is 0 Å². The predicted octanol–water partition coefficient (Wildman–Crippen LogP) is 2.72. The Bertz CT molecular complexity index is 935. The van der Waals surface area contributed by atoms with Crippen LogP contribution in [0, 0.1) is 0 Å². The number of para-hydroxylation sites is 1. The van der Waals surface area contributed by atoms with Gasteiger partial charge in [0, 0.05) is 63.2 Å². The zero-order chi connectivity index (χ0) is 23.2. The second kappa shape index (κ2) is 10.6. The van der Waals surface area contributed by atoms with Crippen LogP contribution < -0.4 is 20.4 Å². The lowest BCUT2D eigenvalue weighted by Gasteiger charge is -2.37. The van der Waals surface area contributed by atoms with E-state index in [1.54, 1.807) is 6.20 Å². The van der Waals surface area contributed by atoms with Crippen molar-refractivity contribution >= 4 is 23.4 Å². The molecule has 3 heterocycles. The summed E-state index contributed by atoms with van der Waals surface area (Å²) in [6.07, 6.45) is 3.52. The van der Waals surface area contributed by atoms with Crippen molar-refractivity contribution in [1.82, 2.24) is 20.5 Å². The number of carbonyl (C=O) groups excluding carboxylic acids is 2. The summed E-state index contributed by atoms with van der Waals surface area (Å²) in [5.41, 5.74) is 1.74. The van der Waals surface area contributed by atoms with E-state index in [1.807, 2.05) is 61.2 Å². The maximum absolute atomic E-state index is 13.4. The molecule has 8 heteroatoms. The van der Waals surface area contributed by atoms with Crippen LogP contribution in [0.15, 0.2) is 48.7 Å². The minimum atomic E-state index is -0.108. The third-order valence-electron chi connectivity index (χ3n) is 6.27. The molecule has 0 aliphatic carbocycles. The number of pyridine rings is 1. The first kappa shape index (κ1) is 22.9. The van der Waals surface area contributed by atoms with Crippen LogP contribution in [-0.4, -0.2) is 73.2 Å². The van der Waals surface area contributed by atoms with Crippen molar-refractivity contribution in [2.75, 3.05) is 49.1 Å². The molecule has 0 spiro atoms. The molecule has 2 saturated heterocycles. The average molecular weight is 451 g/mol. The van der Waals surface area contributed by atoms with Gasteiger partial charge in [-0.1, -0.05) is 18.2 Å². The monoisotopic (exact) mass is 450 g/mol. The second-order valence-electron chi connectivity index (χ2n) is 9.02. The molecule has 0 radical (unpaired) electrons. The van der Waals surface area contributed by atoms with Crippen molar-refractivity contribution in [3.05, 3.63) is 54.2 Å². The number of nitrogens with zero attached hydrogens (tertiary/aromatic N) is 4. The summed E-state index contributed by atoms with van der Waals surface area (Å²) in [6, 6.07) is 14.0. The molecule has 8 nitrogen and oxygen atoms in total. The number of nitrogens with one attached hydrogen (secondary N) is 2. The molecule has 2 aliphatic heterocycles. The van der Waals surface area contributed by atoms with Crippen LogP contribution in [0.4, 0.5) is 16.3 Å². The molecule has 0 bridgehead atoms. The normalized spacial score (nSPS) is 17.2. The number of carbonyl (C=O) groups is 2. The van der Waals surface area contributed by atoms with Crippen LogP contribution >= 0.6 is 0 Å². The quantitative estimate of drug-likeness (QED) is 0.732. The zero-order valence-electron chi connectivity index (χ0n) is 19.5. The van der Waals surface area contributed by atoms with E-state index in [9.17, 15) is 9.59 Å². The lowest BCUT2D eigenvalue weighted by Crippen LogP contribution is -2.50. The number of piperazine rings is 1. The van der Waals surface area contributed by atoms with Gasteiger partial charge in [0.15, 0.2) is 0 Å². The molecule has 2 fully saturated rings. The minimum Gasteiger partial charge on any atom is -0.371 e. The highest BCUT2D eigenvalue weighted by Crippen LogP contribution is 2.26. The van der Waals surface area contributed by atoms with Gasteiger partial charge in [-0.3, -0.25) is 4.79 Å². The minimum absolute atomic E-state index is 0.0860.